The Morgan fingerprint density at radius 2 is 2.14 bits per heavy atom. The third kappa shape index (κ3) is 3.62. The molecule has 0 spiro atoms. The molecule has 1 atom stereocenters. The van der Waals surface area contributed by atoms with Crippen molar-refractivity contribution in [1.82, 2.24) is 4.90 Å². The first-order valence-electron chi connectivity index (χ1n) is 6.93. The lowest BCUT2D eigenvalue weighted by Crippen LogP contribution is -2.31. The van der Waals surface area contributed by atoms with Crippen LogP contribution in [-0.2, 0) is 14.3 Å². The Bertz CT molecular complexity index is 587. The van der Waals surface area contributed by atoms with Gasteiger partial charge in [-0.25, -0.2) is 4.79 Å². The van der Waals surface area contributed by atoms with Crippen LogP contribution in [0.5, 0.6) is 0 Å². The summed E-state index contributed by atoms with van der Waals surface area (Å²) in [7, 11) is 1.55. The highest BCUT2D eigenvalue weighted by molar-refractivity contribution is 6.02. The fourth-order valence-corrected chi connectivity index (χ4v) is 2.38. The van der Waals surface area contributed by atoms with Gasteiger partial charge in [0.25, 0.3) is 0 Å². The number of nitrogens with zero attached hydrogens (tertiary/aromatic N) is 1. The Morgan fingerprint density at radius 1 is 1.41 bits per heavy atom. The summed E-state index contributed by atoms with van der Waals surface area (Å²) in [6.45, 7) is 1.19. The van der Waals surface area contributed by atoms with Crippen molar-refractivity contribution >= 4 is 23.5 Å². The third-order valence-corrected chi connectivity index (χ3v) is 3.57. The van der Waals surface area contributed by atoms with Crippen LogP contribution in [0.1, 0.15) is 16.8 Å². The van der Waals surface area contributed by atoms with Gasteiger partial charge in [-0.3, -0.25) is 9.59 Å². The molecule has 2 N–H and O–H groups in total. The fourth-order valence-electron chi connectivity index (χ4n) is 2.38. The van der Waals surface area contributed by atoms with Crippen LogP contribution in [0.2, 0.25) is 0 Å². The van der Waals surface area contributed by atoms with Gasteiger partial charge in [0.15, 0.2) is 0 Å². The van der Waals surface area contributed by atoms with E-state index in [0.29, 0.717) is 19.7 Å². The van der Waals surface area contributed by atoms with E-state index in [0.717, 1.165) is 0 Å². The molecule has 22 heavy (non-hydrogen) atoms. The normalized spacial score (nSPS) is 17.6. The van der Waals surface area contributed by atoms with Gasteiger partial charge in [0, 0.05) is 26.6 Å². The number of amides is 2. The molecule has 118 valence electrons. The molecule has 1 aliphatic heterocycles. The maximum atomic E-state index is 12.2. The van der Waals surface area contributed by atoms with Crippen LogP contribution < -0.4 is 5.32 Å². The summed E-state index contributed by atoms with van der Waals surface area (Å²) in [5.41, 5.74) is 0.263. The molecular weight excluding hydrogens is 288 g/mol. The highest BCUT2D eigenvalue weighted by atomic mass is 16.5. The van der Waals surface area contributed by atoms with E-state index in [1.807, 2.05) is 0 Å². The van der Waals surface area contributed by atoms with Gasteiger partial charge in [-0.05, 0) is 12.1 Å². The molecule has 1 aromatic carbocycles. The molecule has 0 aromatic heterocycles. The SMILES string of the molecule is COCCN1CC(C(=O)Nc2ccccc2C(=O)O)CC1=O. The summed E-state index contributed by atoms with van der Waals surface area (Å²) in [5.74, 6) is -2.03. The maximum Gasteiger partial charge on any atom is 0.337 e. The fraction of sp³-hybridized carbons (Fsp3) is 0.400. The van der Waals surface area contributed by atoms with Crippen molar-refractivity contribution in [3.63, 3.8) is 0 Å². The summed E-state index contributed by atoms with van der Waals surface area (Å²) in [6.07, 6.45) is 0.130. The molecule has 1 aliphatic rings. The molecule has 2 rings (SSSR count). The van der Waals surface area contributed by atoms with Gasteiger partial charge in [-0.1, -0.05) is 12.1 Å². The molecular formula is C15H18N2O5. The Kier molecular flexibility index (Phi) is 5.11. The van der Waals surface area contributed by atoms with Crippen LogP contribution in [0.25, 0.3) is 0 Å². The summed E-state index contributed by atoms with van der Waals surface area (Å²) in [5, 5.41) is 11.7. The number of nitrogens with one attached hydrogen (secondary N) is 1. The van der Waals surface area contributed by atoms with Crippen molar-refractivity contribution in [3.05, 3.63) is 29.8 Å². The zero-order valence-corrected chi connectivity index (χ0v) is 12.2. The predicted octanol–water partition coefficient (Wildman–Crippen LogP) is 0.818. The standard InChI is InChI=1S/C15H18N2O5/c1-22-7-6-17-9-10(8-13(17)18)14(19)16-12-5-3-2-4-11(12)15(20)21/h2-5,10H,6-9H2,1H3,(H,16,19)(H,20,21). The minimum Gasteiger partial charge on any atom is -0.478 e. The number of carboxylic acid groups (broad SMARTS) is 1. The van der Waals surface area contributed by atoms with E-state index >= 15 is 0 Å². The van der Waals surface area contributed by atoms with Gasteiger partial charge in [-0.15, -0.1) is 0 Å². The number of aromatic carboxylic acids is 1. The first-order valence-corrected chi connectivity index (χ1v) is 6.93. The Labute approximate surface area is 127 Å². The smallest absolute Gasteiger partial charge is 0.337 e. The number of para-hydroxylation sites is 1. The Balaban J connectivity index is 2.02. The van der Waals surface area contributed by atoms with Crippen molar-refractivity contribution in [3.8, 4) is 0 Å². The number of carbonyl (C=O) groups is 3. The van der Waals surface area contributed by atoms with Crippen LogP contribution in [-0.4, -0.2) is 54.6 Å². The largest absolute Gasteiger partial charge is 0.478 e. The third-order valence-electron chi connectivity index (χ3n) is 3.57. The molecule has 0 bridgehead atoms. The molecule has 1 fully saturated rings. The number of ether oxygens (including phenoxy) is 1. The van der Waals surface area contributed by atoms with Gasteiger partial charge < -0.3 is 20.1 Å². The summed E-state index contributed by atoms with van der Waals surface area (Å²) in [6, 6.07) is 6.18. The Morgan fingerprint density at radius 3 is 2.82 bits per heavy atom. The van der Waals surface area contributed by atoms with Crippen LogP contribution >= 0.6 is 0 Å². The average molecular weight is 306 g/mol. The van der Waals surface area contributed by atoms with Gasteiger partial charge in [0.05, 0.1) is 23.8 Å². The zero-order chi connectivity index (χ0) is 16.1. The maximum absolute atomic E-state index is 12.2. The first-order chi connectivity index (χ1) is 10.5. The number of hydrogen-bond acceptors (Lipinski definition) is 4. The Hall–Kier alpha value is -2.41. The molecule has 7 heteroatoms. The second-order valence-electron chi connectivity index (χ2n) is 5.07. The van der Waals surface area contributed by atoms with Gasteiger partial charge in [0.2, 0.25) is 11.8 Å². The van der Waals surface area contributed by atoms with Crippen LogP contribution in [0.3, 0.4) is 0 Å². The number of carbonyl (C=O) groups excluding carboxylic acids is 2. The van der Waals surface area contributed by atoms with E-state index < -0.39 is 11.9 Å². The van der Waals surface area contributed by atoms with E-state index in [4.69, 9.17) is 9.84 Å². The molecule has 2 amide bonds. The number of methoxy groups -OCH3 is 1. The van der Waals surface area contributed by atoms with E-state index in [1.54, 1.807) is 24.1 Å². The van der Waals surface area contributed by atoms with Crippen molar-refractivity contribution in [2.45, 2.75) is 6.42 Å². The first kappa shape index (κ1) is 16.0. The number of carboxylic acids is 1. The lowest BCUT2D eigenvalue weighted by Gasteiger charge is -2.16. The van der Waals surface area contributed by atoms with E-state index in [9.17, 15) is 14.4 Å². The van der Waals surface area contributed by atoms with Crippen molar-refractivity contribution in [1.29, 1.82) is 0 Å². The average Bonchev–Trinajstić information content (AvgIpc) is 2.86. The number of benzene rings is 1. The van der Waals surface area contributed by atoms with E-state index in [1.165, 1.54) is 12.1 Å². The quantitative estimate of drug-likeness (QED) is 0.811. The van der Waals surface area contributed by atoms with Crippen molar-refractivity contribution in [2.24, 2.45) is 5.92 Å². The molecule has 1 unspecified atom stereocenters. The molecule has 0 saturated carbocycles. The van der Waals surface area contributed by atoms with E-state index in [2.05, 4.69) is 5.32 Å². The number of rotatable bonds is 6. The molecule has 0 aliphatic carbocycles. The molecule has 7 nitrogen and oxygen atoms in total. The lowest BCUT2D eigenvalue weighted by molar-refractivity contribution is -0.128. The number of likely N-dealkylation sites (tertiary alicyclic amines) is 1. The second kappa shape index (κ2) is 7.04. The lowest BCUT2D eigenvalue weighted by atomic mass is 10.1. The minimum absolute atomic E-state index is 0.0245. The second-order valence-corrected chi connectivity index (χ2v) is 5.07. The monoisotopic (exact) mass is 306 g/mol. The molecule has 0 radical (unpaired) electrons. The molecule has 1 aromatic rings. The van der Waals surface area contributed by atoms with E-state index in [-0.39, 0.29) is 29.5 Å². The highest BCUT2D eigenvalue weighted by Gasteiger charge is 2.34. The molecule has 1 heterocycles. The summed E-state index contributed by atoms with van der Waals surface area (Å²) < 4.78 is 4.93. The molecule has 1 saturated heterocycles. The van der Waals surface area contributed by atoms with Crippen molar-refractivity contribution in [2.75, 3.05) is 32.1 Å². The predicted molar refractivity (Wildman–Crippen MR) is 78.6 cm³/mol. The van der Waals surface area contributed by atoms with Crippen LogP contribution in [0, 0.1) is 5.92 Å². The minimum atomic E-state index is -1.11. The van der Waals surface area contributed by atoms with Crippen LogP contribution in [0.4, 0.5) is 5.69 Å². The van der Waals surface area contributed by atoms with Crippen molar-refractivity contribution < 1.29 is 24.2 Å². The number of anilines is 1. The summed E-state index contributed by atoms with van der Waals surface area (Å²) >= 11 is 0. The van der Waals surface area contributed by atoms with Gasteiger partial charge in [0.1, 0.15) is 0 Å². The highest BCUT2D eigenvalue weighted by Crippen LogP contribution is 2.21. The topological polar surface area (TPSA) is 95.9 Å². The van der Waals surface area contributed by atoms with Gasteiger partial charge >= 0.3 is 5.97 Å². The zero-order valence-electron chi connectivity index (χ0n) is 12.2. The summed E-state index contributed by atoms with van der Waals surface area (Å²) in [4.78, 5) is 36.8. The van der Waals surface area contributed by atoms with Gasteiger partial charge in [-0.2, -0.15) is 0 Å². The van der Waals surface area contributed by atoms with Crippen LogP contribution in [0.15, 0.2) is 24.3 Å². The number of hydrogen-bond donors (Lipinski definition) is 2.